The van der Waals surface area contributed by atoms with Crippen molar-refractivity contribution < 1.29 is 19.1 Å². The van der Waals surface area contributed by atoms with E-state index in [-0.39, 0.29) is 30.0 Å². The summed E-state index contributed by atoms with van der Waals surface area (Å²) in [6, 6.07) is 5.21. The Kier molecular flexibility index (Phi) is 5.57. The molecule has 0 bridgehead atoms. The number of hydrogen-bond donors (Lipinski definition) is 2. The fourth-order valence-corrected chi connectivity index (χ4v) is 5.86. The van der Waals surface area contributed by atoms with Gasteiger partial charge in [0.25, 0.3) is 11.5 Å². The fourth-order valence-electron chi connectivity index (χ4n) is 5.86. The van der Waals surface area contributed by atoms with Crippen molar-refractivity contribution in [3.63, 3.8) is 0 Å². The van der Waals surface area contributed by atoms with Crippen molar-refractivity contribution in [2.75, 3.05) is 16.8 Å². The van der Waals surface area contributed by atoms with Gasteiger partial charge in [-0.2, -0.15) is 0 Å². The predicted molar refractivity (Wildman–Crippen MR) is 140 cm³/mol. The van der Waals surface area contributed by atoms with Crippen LogP contribution in [0.15, 0.2) is 35.4 Å². The molecule has 6 rings (SSSR count). The molecule has 38 heavy (non-hydrogen) atoms. The zero-order valence-electron chi connectivity index (χ0n) is 21.6. The Morgan fingerprint density at radius 2 is 2.00 bits per heavy atom. The van der Waals surface area contributed by atoms with E-state index in [1.54, 1.807) is 30.4 Å². The van der Waals surface area contributed by atoms with Gasteiger partial charge in [-0.1, -0.05) is 13.8 Å². The number of rotatable bonds is 5. The van der Waals surface area contributed by atoms with Gasteiger partial charge in [-0.15, -0.1) is 0 Å². The summed E-state index contributed by atoms with van der Waals surface area (Å²) in [6.07, 6.45) is 4.01. The SMILES string of the molecule is Cn1cc(-c2ccnc(N3CCn4c(cc5c4CC(C)(C)C5)C3=O)c2CO)cc(NC(=O)[C@H]2C[C@H]2F)c1=O. The van der Waals surface area contributed by atoms with Crippen LogP contribution in [0.2, 0.25) is 0 Å². The van der Waals surface area contributed by atoms with E-state index in [4.69, 9.17) is 0 Å². The molecule has 3 aromatic heterocycles. The minimum Gasteiger partial charge on any atom is -0.392 e. The lowest BCUT2D eigenvalue weighted by molar-refractivity contribution is -0.117. The van der Waals surface area contributed by atoms with Crippen LogP contribution in [0.4, 0.5) is 15.9 Å². The maximum atomic E-state index is 13.6. The summed E-state index contributed by atoms with van der Waals surface area (Å²) in [7, 11) is 1.56. The Labute approximate surface area is 218 Å². The molecular formula is C28H30FN5O4. The average molecular weight is 520 g/mol. The smallest absolute Gasteiger partial charge is 0.276 e. The summed E-state index contributed by atoms with van der Waals surface area (Å²) in [5, 5.41) is 13.0. The summed E-state index contributed by atoms with van der Waals surface area (Å²) in [4.78, 5) is 44.7. The number of anilines is 2. The molecule has 198 valence electrons. The van der Waals surface area contributed by atoms with Crippen LogP contribution < -0.4 is 15.8 Å². The van der Waals surface area contributed by atoms with Crippen LogP contribution in [-0.2, 0) is 37.8 Å². The third-order valence-electron chi connectivity index (χ3n) is 7.87. The highest BCUT2D eigenvalue weighted by atomic mass is 19.1. The van der Waals surface area contributed by atoms with Gasteiger partial charge in [-0.3, -0.25) is 19.3 Å². The number of aryl methyl sites for hydroxylation is 1. The van der Waals surface area contributed by atoms with E-state index >= 15 is 0 Å². The predicted octanol–water partition coefficient (Wildman–Crippen LogP) is 2.82. The molecule has 2 atom stereocenters. The van der Waals surface area contributed by atoms with Gasteiger partial charge in [-0.25, -0.2) is 9.37 Å². The second-order valence-corrected chi connectivity index (χ2v) is 11.4. The summed E-state index contributed by atoms with van der Waals surface area (Å²) in [5.41, 5.74) is 4.44. The molecule has 0 radical (unpaired) electrons. The van der Waals surface area contributed by atoms with Crippen LogP contribution in [0.25, 0.3) is 11.1 Å². The fraction of sp³-hybridized carbons (Fsp3) is 0.429. The number of carbonyl (C=O) groups is 2. The molecule has 0 spiro atoms. The number of halogens is 1. The van der Waals surface area contributed by atoms with Crippen molar-refractivity contribution in [3.05, 3.63) is 63.5 Å². The summed E-state index contributed by atoms with van der Waals surface area (Å²) in [6.45, 7) is 5.14. The van der Waals surface area contributed by atoms with Crippen LogP contribution in [0.3, 0.4) is 0 Å². The molecule has 2 amide bonds. The summed E-state index contributed by atoms with van der Waals surface area (Å²) >= 11 is 0. The molecule has 0 unspecified atom stereocenters. The van der Waals surface area contributed by atoms with Crippen molar-refractivity contribution in [2.45, 2.75) is 52.4 Å². The third kappa shape index (κ3) is 3.94. The van der Waals surface area contributed by atoms with E-state index in [0.717, 1.165) is 12.8 Å². The normalized spacial score (nSPS) is 21.3. The lowest BCUT2D eigenvalue weighted by atomic mass is 9.90. The highest BCUT2D eigenvalue weighted by molar-refractivity contribution is 6.06. The lowest BCUT2D eigenvalue weighted by Crippen LogP contribution is -2.41. The van der Waals surface area contributed by atoms with Gasteiger partial charge < -0.3 is 19.6 Å². The maximum Gasteiger partial charge on any atom is 0.276 e. The van der Waals surface area contributed by atoms with Crippen molar-refractivity contribution in [1.29, 1.82) is 0 Å². The number of carbonyl (C=O) groups excluding carboxylic acids is 2. The standard InChI is InChI=1S/C28H30FN5O4/c1-28(2)11-15-9-22-27(38)34(7-6-33(22)23(15)12-28)24-19(14-35)17(4-5-30-24)16-8-21(26(37)32(3)13-16)31-25(36)18-10-20(18)29/h4-5,8-9,13,18,20,35H,6-7,10-12,14H2,1-3H3,(H,31,36)/t18-,20+/m0/s1. The molecule has 1 aliphatic heterocycles. The number of amides is 2. The first kappa shape index (κ1) is 24.5. The molecule has 0 aromatic carbocycles. The lowest BCUT2D eigenvalue weighted by Gasteiger charge is -2.31. The molecule has 3 aliphatic rings. The van der Waals surface area contributed by atoms with Crippen molar-refractivity contribution in [2.24, 2.45) is 18.4 Å². The molecule has 9 nitrogen and oxygen atoms in total. The summed E-state index contributed by atoms with van der Waals surface area (Å²) in [5.74, 6) is -1.07. The summed E-state index contributed by atoms with van der Waals surface area (Å²) < 4.78 is 16.8. The zero-order chi connectivity index (χ0) is 26.9. The van der Waals surface area contributed by atoms with Gasteiger partial charge in [-0.05, 0) is 54.0 Å². The van der Waals surface area contributed by atoms with Crippen molar-refractivity contribution in [3.8, 4) is 11.1 Å². The molecular weight excluding hydrogens is 489 g/mol. The second-order valence-electron chi connectivity index (χ2n) is 11.4. The Balaban J connectivity index is 1.36. The highest BCUT2D eigenvalue weighted by Crippen LogP contribution is 2.40. The van der Waals surface area contributed by atoms with E-state index in [1.165, 1.54) is 21.9 Å². The van der Waals surface area contributed by atoms with Crippen LogP contribution in [0.5, 0.6) is 0 Å². The molecule has 4 heterocycles. The van der Waals surface area contributed by atoms with Crippen LogP contribution in [0, 0.1) is 11.3 Å². The number of alkyl halides is 1. The second kappa shape index (κ2) is 8.62. The molecule has 2 N–H and O–H groups in total. The first-order chi connectivity index (χ1) is 18.1. The van der Waals surface area contributed by atoms with Gasteiger partial charge in [0.05, 0.1) is 12.5 Å². The molecule has 1 fully saturated rings. The van der Waals surface area contributed by atoms with Gasteiger partial charge in [0, 0.05) is 49.4 Å². The Morgan fingerprint density at radius 3 is 2.71 bits per heavy atom. The number of aliphatic hydroxyl groups excluding tert-OH is 1. The van der Waals surface area contributed by atoms with Gasteiger partial charge in [0.15, 0.2) is 0 Å². The molecule has 3 aromatic rings. The number of nitrogens with one attached hydrogen (secondary N) is 1. The number of fused-ring (bicyclic) bond motifs is 3. The Hall–Kier alpha value is -3.79. The van der Waals surface area contributed by atoms with E-state index < -0.39 is 23.6 Å². The highest BCUT2D eigenvalue weighted by Gasteiger charge is 2.44. The monoisotopic (exact) mass is 519 g/mol. The van der Waals surface area contributed by atoms with Gasteiger partial charge >= 0.3 is 0 Å². The minimum absolute atomic E-state index is 0.0284. The molecule has 1 saturated carbocycles. The van der Waals surface area contributed by atoms with Gasteiger partial charge in [0.1, 0.15) is 23.4 Å². The largest absolute Gasteiger partial charge is 0.392 e. The minimum atomic E-state index is -1.18. The number of pyridine rings is 2. The molecule has 10 heteroatoms. The van der Waals surface area contributed by atoms with Crippen LogP contribution in [-0.4, -0.2) is 43.8 Å². The van der Waals surface area contributed by atoms with Crippen molar-refractivity contribution >= 4 is 23.3 Å². The molecule has 0 saturated heterocycles. The first-order valence-corrected chi connectivity index (χ1v) is 12.9. The topological polar surface area (TPSA) is 109 Å². The maximum absolute atomic E-state index is 13.6. The van der Waals surface area contributed by atoms with Crippen LogP contribution in [0.1, 0.15) is 47.6 Å². The number of nitrogens with zero attached hydrogens (tertiary/aromatic N) is 4. The number of aliphatic hydroxyl groups is 1. The molecule has 2 aliphatic carbocycles. The quantitative estimate of drug-likeness (QED) is 0.539. The van der Waals surface area contributed by atoms with E-state index in [9.17, 15) is 23.9 Å². The van der Waals surface area contributed by atoms with Gasteiger partial charge in [0.2, 0.25) is 5.91 Å². The third-order valence-corrected chi connectivity index (χ3v) is 7.87. The van der Waals surface area contributed by atoms with E-state index in [1.807, 2.05) is 6.07 Å². The van der Waals surface area contributed by atoms with E-state index in [0.29, 0.717) is 41.3 Å². The Bertz CT molecular complexity index is 1560. The van der Waals surface area contributed by atoms with Crippen molar-refractivity contribution in [1.82, 2.24) is 14.1 Å². The van der Waals surface area contributed by atoms with E-state index in [2.05, 4.69) is 28.7 Å². The Morgan fingerprint density at radius 1 is 1.24 bits per heavy atom. The first-order valence-electron chi connectivity index (χ1n) is 12.9. The number of aromatic nitrogens is 3. The van der Waals surface area contributed by atoms with Crippen LogP contribution >= 0.6 is 0 Å². The average Bonchev–Trinajstić information content (AvgIpc) is 3.41. The zero-order valence-corrected chi connectivity index (χ0v) is 21.6. The number of hydrogen-bond acceptors (Lipinski definition) is 5.